The van der Waals surface area contributed by atoms with Gasteiger partial charge in [0.1, 0.15) is 5.82 Å². The highest BCUT2D eigenvalue weighted by Crippen LogP contribution is 2.26. The first-order chi connectivity index (χ1) is 10.1. The van der Waals surface area contributed by atoms with Gasteiger partial charge in [-0.3, -0.25) is 4.79 Å². The topological polar surface area (TPSA) is 64.3 Å². The van der Waals surface area contributed by atoms with Crippen molar-refractivity contribution in [3.63, 3.8) is 0 Å². The summed E-state index contributed by atoms with van der Waals surface area (Å²) in [6.07, 6.45) is 5.29. The first-order valence-electron chi connectivity index (χ1n) is 7.52. The summed E-state index contributed by atoms with van der Waals surface area (Å²) in [5.74, 6) is -0.0218. The maximum atomic E-state index is 12.9. The first-order valence-corrected chi connectivity index (χ1v) is 7.52. The quantitative estimate of drug-likeness (QED) is 0.819. The van der Waals surface area contributed by atoms with Crippen molar-refractivity contribution in [2.75, 3.05) is 17.7 Å². The van der Waals surface area contributed by atoms with Crippen LogP contribution in [0.2, 0.25) is 0 Å². The van der Waals surface area contributed by atoms with Gasteiger partial charge >= 0.3 is 0 Å². The van der Waals surface area contributed by atoms with Crippen molar-refractivity contribution in [3.05, 3.63) is 24.0 Å². The largest absolute Gasteiger partial charge is 0.397 e. The fraction of sp³-hybridized carbons (Fsp3) is 0.562. The molecule has 1 saturated carbocycles. The van der Waals surface area contributed by atoms with Crippen LogP contribution in [0.5, 0.6) is 0 Å². The minimum Gasteiger partial charge on any atom is -0.397 e. The van der Waals surface area contributed by atoms with E-state index >= 15 is 0 Å². The van der Waals surface area contributed by atoms with E-state index in [9.17, 15) is 9.18 Å². The molecule has 2 atom stereocenters. The van der Waals surface area contributed by atoms with E-state index < -0.39 is 5.82 Å². The monoisotopic (exact) mass is 294 g/mol. The molecular weight excluding hydrogens is 271 g/mol. The highest BCUT2D eigenvalue weighted by atomic mass is 19.1. The summed E-state index contributed by atoms with van der Waals surface area (Å²) in [5, 5.41) is 2.68. The molecule has 0 aliphatic heterocycles. The Kier molecular flexibility index (Phi) is 5.56. The normalized spacial score (nSPS) is 22.0. The van der Waals surface area contributed by atoms with Gasteiger partial charge in [-0.1, -0.05) is 19.8 Å². The molecule has 21 heavy (non-hydrogen) atoms. The van der Waals surface area contributed by atoms with Crippen LogP contribution in [0.4, 0.5) is 15.8 Å². The zero-order valence-corrected chi connectivity index (χ0v) is 12.4. The van der Waals surface area contributed by atoms with Crippen LogP contribution in [0.3, 0.4) is 0 Å². The molecule has 0 bridgehead atoms. The lowest BCUT2D eigenvalue weighted by Gasteiger charge is -2.28. The fourth-order valence-corrected chi connectivity index (χ4v) is 2.69. The number of halogens is 1. The Morgan fingerprint density at radius 3 is 2.90 bits per heavy atom. The van der Waals surface area contributed by atoms with Crippen molar-refractivity contribution in [3.8, 4) is 0 Å². The van der Waals surface area contributed by atoms with Gasteiger partial charge in [-0.05, 0) is 37.0 Å². The van der Waals surface area contributed by atoms with E-state index in [1.165, 1.54) is 37.5 Å². The number of nitrogen functional groups attached to an aromatic ring is 1. The third kappa shape index (κ3) is 4.70. The number of nitrogens with two attached hydrogens (primary N) is 1. The standard InChI is InChI=1S/C16H23FN2O2/c1-11-4-2-3-5-15(11)21-9-8-16(20)19-14-7-6-12(17)10-13(14)18/h6-7,10-11,15H,2-5,8-9,18H2,1H3,(H,19,20). The Bertz CT molecular complexity index is 493. The third-order valence-electron chi connectivity index (χ3n) is 3.98. The molecule has 3 N–H and O–H groups in total. The second-order valence-electron chi connectivity index (χ2n) is 5.70. The van der Waals surface area contributed by atoms with E-state index in [0.717, 1.165) is 6.42 Å². The predicted molar refractivity (Wildman–Crippen MR) is 81.4 cm³/mol. The average molecular weight is 294 g/mol. The second kappa shape index (κ2) is 7.41. The minimum absolute atomic E-state index is 0.170. The molecule has 2 rings (SSSR count). The molecule has 1 amide bonds. The molecular formula is C16H23FN2O2. The number of benzene rings is 1. The molecule has 1 aromatic carbocycles. The zero-order valence-electron chi connectivity index (χ0n) is 12.4. The Morgan fingerprint density at radius 1 is 1.43 bits per heavy atom. The lowest BCUT2D eigenvalue weighted by molar-refractivity contribution is -0.118. The van der Waals surface area contributed by atoms with Gasteiger partial charge in [0.15, 0.2) is 0 Å². The summed E-state index contributed by atoms with van der Waals surface area (Å²) < 4.78 is 18.7. The van der Waals surface area contributed by atoms with E-state index in [1.807, 2.05) is 0 Å². The molecule has 1 aliphatic carbocycles. The van der Waals surface area contributed by atoms with E-state index in [1.54, 1.807) is 0 Å². The van der Waals surface area contributed by atoms with Crippen molar-refractivity contribution in [1.29, 1.82) is 0 Å². The number of anilines is 2. The maximum Gasteiger partial charge on any atom is 0.226 e. The molecule has 0 aromatic heterocycles. The lowest BCUT2D eigenvalue weighted by atomic mass is 9.88. The number of hydrogen-bond acceptors (Lipinski definition) is 3. The van der Waals surface area contributed by atoms with Crippen molar-refractivity contribution in [1.82, 2.24) is 0 Å². The smallest absolute Gasteiger partial charge is 0.226 e. The lowest BCUT2D eigenvalue weighted by Crippen LogP contribution is -2.27. The SMILES string of the molecule is CC1CCCCC1OCCC(=O)Nc1ccc(F)cc1N. The molecule has 116 valence electrons. The Hall–Kier alpha value is -1.62. The fourth-order valence-electron chi connectivity index (χ4n) is 2.69. The highest BCUT2D eigenvalue weighted by molar-refractivity contribution is 5.93. The first kappa shape index (κ1) is 15.8. The average Bonchev–Trinajstić information content (AvgIpc) is 2.44. The molecule has 1 aliphatic rings. The van der Waals surface area contributed by atoms with Crippen molar-refractivity contribution >= 4 is 17.3 Å². The summed E-state index contributed by atoms with van der Waals surface area (Å²) in [5.41, 5.74) is 6.31. The molecule has 0 saturated heterocycles. The molecule has 1 fully saturated rings. The van der Waals surface area contributed by atoms with Gasteiger partial charge in [0.2, 0.25) is 5.91 Å². The summed E-state index contributed by atoms with van der Waals surface area (Å²) in [6.45, 7) is 2.60. The third-order valence-corrected chi connectivity index (χ3v) is 3.98. The number of hydrogen-bond donors (Lipinski definition) is 2. The van der Waals surface area contributed by atoms with Gasteiger partial charge < -0.3 is 15.8 Å². The number of carbonyl (C=O) groups excluding carboxylic acids is 1. The molecule has 1 aromatic rings. The molecule has 5 heteroatoms. The number of amides is 1. The molecule has 0 heterocycles. The Labute approximate surface area is 124 Å². The number of nitrogens with one attached hydrogen (secondary N) is 1. The van der Waals surface area contributed by atoms with Crippen LogP contribution in [0.25, 0.3) is 0 Å². The molecule has 0 spiro atoms. The van der Waals surface area contributed by atoms with Gasteiger partial charge in [0.25, 0.3) is 0 Å². The summed E-state index contributed by atoms with van der Waals surface area (Å²) in [4.78, 5) is 11.8. The predicted octanol–water partition coefficient (Wildman–Crippen LogP) is 3.33. The van der Waals surface area contributed by atoms with Crippen molar-refractivity contribution < 1.29 is 13.9 Å². The van der Waals surface area contributed by atoms with Crippen LogP contribution in [-0.4, -0.2) is 18.6 Å². The molecule has 4 nitrogen and oxygen atoms in total. The van der Waals surface area contributed by atoms with Gasteiger partial charge in [-0.15, -0.1) is 0 Å². The second-order valence-corrected chi connectivity index (χ2v) is 5.70. The minimum atomic E-state index is -0.417. The van der Waals surface area contributed by atoms with Gasteiger partial charge in [-0.25, -0.2) is 4.39 Å². The summed E-state index contributed by atoms with van der Waals surface area (Å²) in [6, 6.07) is 3.93. The van der Waals surface area contributed by atoms with Crippen molar-refractivity contribution in [2.45, 2.75) is 45.1 Å². The van der Waals surface area contributed by atoms with E-state index in [0.29, 0.717) is 18.2 Å². The maximum absolute atomic E-state index is 12.9. The molecule has 0 radical (unpaired) electrons. The zero-order chi connectivity index (χ0) is 15.2. The number of rotatable bonds is 5. The van der Waals surface area contributed by atoms with E-state index in [4.69, 9.17) is 10.5 Å². The highest BCUT2D eigenvalue weighted by Gasteiger charge is 2.21. The van der Waals surface area contributed by atoms with E-state index in [2.05, 4.69) is 12.2 Å². The number of ether oxygens (including phenoxy) is 1. The van der Waals surface area contributed by atoms with Crippen LogP contribution in [0, 0.1) is 11.7 Å². The Morgan fingerprint density at radius 2 is 2.19 bits per heavy atom. The molecule has 2 unspecified atom stereocenters. The summed E-state index contributed by atoms with van der Waals surface area (Å²) in [7, 11) is 0. The Balaban J connectivity index is 1.74. The van der Waals surface area contributed by atoms with Crippen LogP contribution in [0.1, 0.15) is 39.0 Å². The number of carbonyl (C=O) groups is 1. The van der Waals surface area contributed by atoms with Crippen LogP contribution < -0.4 is 11.1 Å². The van der Waals surface area contributed by atoms with Crippen LogP contribution in [-0.2, 0) is 9.53 Å². The summed E-state index contributed by atoms with van der Waals surface area (Å²) >= 11 is 0. The van der Waals surface area contributed by atoms with Gasteiger partial charge in [0, 0.05) is 0 Å². The van der Waals surface area contributed by atoms with Gasteiger partial charge in [-0.2, -0.15) is 0 Å². The van der Waals surface area contributed by atoms with Crippen LogP contribution in [0.15, 0.2) is 18.2 Å². The van der Waals surface area contributed by atoms with E-state index in [-0.39, 0.29) is 24.1 Å². The van der Waals surface area contributed by atoms with Gasteiger partial charge in [0.05, 0.1) is 30.5 Å². The van der Waals surface area contributed by atoms with Crippen LogP contribution >= 0.6 is 0 Å². The van der Waals surface area contributed by atoms with Crippen molar-refractivity contribution in [2.24, 2.45) is 5.92 Å².